The van der Waals surface area contributed by atoms with E-state index < -0.39 is 0 Å². The highest BCUT2D eigenvalue weighted by atomic mass is 35.5. The van der Waals surface area contributed by atoms with Gasteiger partial charge in [-0.2, -0.15) is 0 Å². The van der Waals surface area contributed by atoms with Crippen LogP contribution in [-0.4, -0.2) is 21.6 Å². The number of halogens is 1. The van der Waals surface area contributed by atoms with Crippen molar-refractivity contribution in [2.24, 2.45) is 0 Å². The van der Waals surface area contributed by atoms with E-state index in [4.69, 9.17) is 11.6 Å². The van der Waals surface area contributed by atoms with Crippen molar-refractivity contribution < 1.29 is 4.79 Å². The Hall–Kier alpha value is -2.24. The molecule has 0 bridgehead atoms. The molecule has 2 heterocycles. The molecule has 1 amide bonds. The van der Waals surface area contributed by atoms with E-state index in [0.717, 1.165) is 29.0 Å². The van der Waals surface area contributed by atoms with Crippen LogP contribution in [0.25, 0.3) is 15.9 Å². The lowest BCUT2D eigenvalue weighted by molar-refractivity contribution is 0.102. The first-order valence-corrected chi connectivity index (χ1v) is 8.96. The highest BCUT2D eigenvalue weighted by molar-refractivity contribution is 8.08. The van der Waals surface area contributed by atoms with E-state index in [9.17, 15) is 4.79 Å². The SMILES string of the molecule is O=C(Nc1ccc2nc(C3=CCCS3)[nH]c2c1)c1ccccc1Cl. The number of thioether (sulfide) groups is 1. The van der Waals surface area contributed by atoms with Crippen LogP contribution in [-0.2, 0) is 0 Å². The molecule has 2 N–H and O–H groups in total. The second kappa shape index (κ2) is 6.34. The van der Waals surface area contributed by atoms with Gasteiger partial charge in [-0.1, -0.05) is 29.8 Å². The zero-order valence-electron chi connectivity index (χ0n) is 12.7. The molecule has 1 aromatic heterocycles. The first kappa shape index (κ1) is 15.3. The Morgan fingerprint density at radius 3 is 2.92 bits per heavy atom. The predicted molar refractivity (Wildman–Crippen MR) is 101 cm³/mol. The third kappa shape index (κ3) is 2.92. The van der Waals surface area contributed by atoms with Crippen molar-refractivity contribution >= 4 is 50.9 Å². The summed E-state index contributed by atoms with van der Waals surface area (Å²) in [5, 5.41) is 3.31. The monoisotopic (exact) mass is 355 g/mol. The first-order valence-electron chi connectivity index (χ1n) is 7.60. The van der Waals surface area contributed by atoms with Crippen molar-refractivity contribution in [3.05, 3.63) is 65.0 Å². The Labute approximate surface area is 148 Å². The molecule has 0 aliphatic carbocycles. The van der Waals surface area contributed by atoms with Gasteiger partial charge in [0.25, 0.3) is 5.91 Å². The zero-order valence-corrected chi connectivity index (χ0v) is 14.2. The average Bonchev–Trinajstić information content (AvgIpc) is 3.24. The Morgan fingerprint density at radius 2 is 2.12 bits per heavy atom. The van der Waals surface area contributed by atoms with E-state index in [-0.39, 0.29) is 5.91 Å². The quantitative estimate of drug-likeness (QED) is 0.699. The van der Waals surface area contributed by atoms with Crippen LogP contribution >= 0.6 is 23.4 Å². The smallest absolute Gasteiger partial charge is 0.257 e. The summed E-state index contributed by atoms with van der Waals surface area (Å²) in [7, 11) is 0. The fourth-order valence-corrected chi connectivity index (χ4v) is 3.78. The Kier molecular flexibility index (Phi) is 4.04. The molecule has 4 nitrogen and oxygen atoms in total. The third-order valence-electron chi connectivity index (χ3n) is 3.80. The number of hydrogen-bond donors (Lipinski definition) is 2. The van der Waals surface area contributed by atoms with E-state index in [0.29, 0.717) is 16.3 Å². The predicted octanol–water partition coefficient (Wildman–Crippen LogP) is 4.95. The molecule has 0 spiro atoms. The molecule has 0 saturated heterocycles. The number of carbonyl (C=O) groups is 1. The Bertz CT molecular complexity index is 964. The standard InChI is InChI=1S/C18H14ClN3OS/c19-13-5-2-1-4-12(13)18(23)20-11-7-8-14-15(10-11)22-17(21-14)16-6-3-9-24-16/h1-2,4-8,10H,3,9H2,(H,20,23)(H,21,22). The number of imidazole rings is 1. The number of amides is 1. The number of hydrogen-bond acceptors (Lipinski definition) is 3. The van der Waals surface area contributed by atoms with E-state index in [2.05, 4.69) is 21.4 Å². The Balaban J connectivity index is 1.61. The van der Waals surface area contributed by atoms with Crippen molar-refractivity contribution in [3.63, 3.8) is 0 Å². The number of rotatable bonds is 3. The molecule has 4 rings (SSSR count). The number of fused-ring (bicyclic) bond motifs is 1. The molecule has 0 unspecified atom stereocenters. The van der Waals surface area contributed by atoms with Crippen molar-refractivity contribution in [1.29, 1.82) is 0 Å². The molecule has 3 aromatic rings. The highest BCUT2D eigenvalue weighted by Crippen LogP contribution is 2.33. The molecular weight excluding hydrogens is 342 g/mol. The van der Waals surface area contributed by atoms with Crippen LogP contribution in [0.4, 0.5) is 5.69 Å². The van der Waals surface area contributed by atoms with Crippen molar-refractivity contribution in [2.45, 2.75) is 6.42 Å². The molecule has 2 aromatic carbocycles. The van der Waals surface area contributed by atoms with Gasteiger partial charge >= 0.3 is 0 Å². The van der Waals surface area contributed by atoms with Gasteiger partial charge in [0.15, 0.2) is 0 Å². The molecule has 0 atom stereocenters. The molecule has 1 aliphatic rings. The van der Waals surface area contributed by atoms with Crippen LogP contribution in [0.3, 0.4) is 0 Å². The van der Waals surface area contributed by atoms with Gasteiger partial charge in [-0.05, 0) is 36.8 Å². The molecule has 24 heavy (non-hydrogen) atoms. The molecule has 6 heteroatoms. The normalized spacial score (nSPS) is 14.0. The number of H-pyrrole nitrogens is 1. The lowest BCUT2D eigenvalue weighted by Crippen LogP contribution is -2.12. The van der Waals surface area contributed by atoms with Crippen LogP contribution in [0.2, 0.25) is 5.02 Å². The van der Waals surface area contributed by atoms with Gasteiger partial charge in [-0.3, -0.25) is 4.79 Å². The van der Waals surface area contributed by atoms with E-state index >= 15 is 0 Å². The largest absolute Gasteiger partial charge is 0.337 e. The van der Waals surface area contributed by atoms with Gasteiger partial charge in [0.05, 0.1) is 21.6 Å². The fraction of sp³-hybridized carbons (Fsp3) is 0.111. The summed E-state index contributed by atoms with van der Waals surface area (Å²) in [5.41, 5.74) is 2.94. The molecule has 120 valence electrons. The van der Waals surface area contributed by atoms with Gasteiger partial charge < -0.3 is 10.3 Å². The summed E-state index contributed by atoms with van der Waals surface area (Å²) < 4.78 is 0. The first-order chi connectivity index (χ1) is 11.7. The molecule has 0 saturated carbocycles. The number of aromatic amines is 1. The molecule has 0 fully saturated rings. The van der Waals surface area contributed by atoms with Gasteiger partial charge in [0.2, 0.25) is 0 Å². The third-order valence-corrected chi connectivity index (χ3v) is 5.24. The summed E-state index contributed by atoms with van der Waals surface area (Å²) >= 11 is 7.88. The fourth-order valence-electron chi connectivity index (χ4n) is 2.63. The minimum atomic E-state index is -0.228. The maximum absolute atomic E-state index is 12.4. The number of allylic oxidation sites excluding steroid dienone is 1. The van der Waals surface area contributed by atoms with Crippen LogP contribution in [0, 0.1) is 0 Å². The van der Waals surface area contributed by atoms with Crippen molar-refractivity contribution in [1.82, 2.24) is 9.97 Å². The number of carbonyl (C=O) groups excluding carboxylic acids is 1. The number of nitrogens with one attached hydrogen (secondary N) is 2. The molecule has 1 aliphatic heterocycles. The highest BCUT2D eigenvalue weighted by Gasteiger charge is 2.14. The lowest BCUT2D eigenvalue weighted by atomic mass is 10.2. The summed E-state index contributed by atoms with van der Waals surface area (Å²) in [5.74, 6) is 1.77. The van der Waals surface area contributed by atoms with Crippen molar-refractivity contribution in [3.8, 4) is 0 Å². The molecule has 0 radical (unpaired) electrons. The summed E-state index contributed by atoms with van der Waals surface area (Å²) in [6.07, 6.45) is 3.28. The van der Waals surface area contributed by atoms with Crippen LogP contribution < -0.4 is 5.32 Å². The number of anilines is 1. The van der Waals surface area contributed by atoms with E-state index in [1.54, 1.807) is 24.3 Å². The Morgan fingerprint density at radius 1 is 1.25 bits per heavy atom. The van der Waals surface area contributed by atoms with Gasteiger partial charge in [0, 0.05) is 16.3 Å². The van der Waals surface area contributed by atoms with Gasteiger partial charge in [0.1, 0.15) is 5.82 Å². The summed E-state index contributed by atoms with van der Waals surface area (Å²) in [6.45, 7) is 0. The number of nitrogens with zero attached hydrogens (tertiary/aromatic N) is 1. The minimum absolute atomic E-state index is 0.228. The topological polar surface area (TPSA) is 57.8 Å². The van der Waals surface area contributed by atoms with Gasteiger partial charge in [-0.25, -0.2) is 4.98 Å². The second-order valence-electron chi connectivity index (χ2n) is 5.46. The zero-order chi connectivity index (χ0) is 16.5. The maximum atomic E-state index is 12.4. The minimum Gasteiger partial charge on any atom is -0.337 e. The van der Waals surface area contributed by atoms with Crippen LogP contribution in [0.1, 0.15) is 22.6 Å². The van der Waals surface area contributed by atoms with E-state index in [1.165, 1.54) is 4.91 Å². The maximum Gasteiger partial charge on any atom is 0.257 e. The number of aromatic nitrogens is 2. The number of benzene rings is 2. The average molecular weight is 356 g/mol. The van der Waals surface area contributed by atoms with Gasteiger partial charge in [-0.15, -0.1) is 11.8 Å². The summed E-state index contributed by atoms with van der Waals surface area (Å²) in [6, 6.07) is 12.6. The molecular formula is C18H14ClN3OS. The summed E-state index contributed by atoms with van der Waals surface area (Å²) in [4.78, 5) is 21.5. The van der Waals surface area contributed by atoms with Crippen molar-refractivity contribution in [2.75, 3.05) is 11.1 Å². The lowest BCUT2D eigenvalue weighted by Gasteiger charge is -2.06. The van der Waals surface area contributed by atoms with Crippen LogP contribution in [0.5, 0.6) is 0 Å². The second-order valence-corrected chi connectivity index (χ2v) is 7.00. The van der Waals surface area contributed by atoms with Crippen LogP contribution in [0.15, 0.2) is 48.5 Å². The van der Waals surface area contributed by atoms with E-state index in [1.807, 2.05) is 30.0 Å².